The third kappa shape index (κ3) is 1.67. The summed E-state index contributed by atoms with van der Waals surface area (Å²) in [5.41, 5.74) is -1.90. The molecule has 90 valence electrons. The molecule has 0 N–H and O–H groups in total. The van der Waals surface area contributed by atoms with E-state index >= 15 is 0 Å². The predicted octanol–water partition coefficient (Wildman–Crippen LogP) is 3.64. The van der Waals surface area contributed by atoms with Gasteiger partial charge in [0.1, 0.15) is 5.78 Å². The third-order valence-corrected chi connectivity index (χ3v) is 2.88. The maximum atomic E-state index is 12.8. The van der Waals surface area contributed by atoms with Crippen LogP contribution in [0.1, 0.15) is 36.0 Å². The van der Waals surface area contributed by atoms with Gasteiger partial charge in [-0.15, -0.1) is 0 Å². The Morgan fingerprint density at radius 1 is 0.944 bits per heavy atom. The van der Waals surface area contributed by atoms with E-state index in [-0.39, 0.29) is 33.4 Å². The average Bonchev–Trinajstić information content (AvgIpc) is 2.61. The highest BCUT2D eigenvalue weighted by Crippen LogP contribution is 2.36. The van der Waals surface area contributed by atoms with Crippen molar-refractivity contribution in [2.24, 2.45) is 0 Å². The van der Waals surface area contributed by atoms with Crippen LogP contribution in [-0.4, -0.2) is 5.78 Å². The summed E-state index contributed by atoms with van der Waals surface area (Å²) in [4.78, 5) is 12.8. The summed E-state index contributed by atoms with van der Waals surface area (Å²) in [7, 11) is 0. The molecule has 0 bridgehead atoms. The van der Waals surface area contributed by atoms with Gasteiger partial charge in [-0.05, 0) is 47.1 Å². The van der Waals surface area contributed by atoms with Gasteiger partial charge in [-0.25, -0.2) is 0 Å². The second-order valence-corrected chi connectivity index (χ2v) is 4.04. The van der Waals surface area contributed by atoms with Crippen LogP contribution in [0.15, 0.2) is 36.4 Å². The number of benzene rings is 2. The Morgan fingerprint density at radius 2 is 1.44 bits per heavy atom. The van der Waals surface area contributed by atoms with Gasteiger partial charge in [0.2, 0.25) is 0 Å². The van der Waals surface area contributed by atoms with Crippen molar-refractivity contribution in [2.75, 3.05) is 0 Å². The molecule has 0 aromatic heterocycles. The summed E-state index contributed by atoms with van der Waals surface area (Å²) >= 11 is 0. The predicted molar refractivity (Wildman–Crippen MR) is 73.8 cm³/mol. The molecule has 1 aliphatic carbocycles. The van der Waals surface area contributed by atoms with E-state index in [1.165, 1.54) is 36.4 Å². The second kappa shape index (κ2) is 4.09. The monoisotopic (exact) mass is 246 g/mol. The Bertz CT molecular complexity index is 891. The number of rotatable bonds is 0. The van der Waals surface area contributed by atoms with Gasteiger partial charge in [0, 0.05) is 26.5 Å². The van der Waals surface area contributed by atoms with Crippen LogP contribution in [0, 0.1) is 13.7 Å². The average molecular weight is 246 g/mol. The smallest absolute Gasteiger partial charge is 0.141 e. The molecule has 0 saturated carbocycles. The molecule has 0 radical (unpaired) electrons. The lowest BCUT2D eigenvalue weighted by molar-refractivity contribution is -0.117. The minimum absolute atomic E-state index is 0.260. The van der Waals surface area contributed by atoms with Crippen molar-refractivity contribution >= 4 is 5.78 Å². The fourth-order valence-corrected chi connectivity index (χ4v) is 2.13. The van der Waals surface area contributed by atoms with E-state index in [9.17, 15) is 4.79 Å². The van der Waals surface area contributed by atoms with Crippen molar-refractivity contribution in [2.45, 2.75) is 26.4 Å². The second-order valence-electron chi connectivity index (χ2n) is 4.04. The van der Waals surface area contributed by atoms with Crippen molar-refractivity contribution in [3.8, 4) is 11.1 Å². The van der Waals surface area contributed by atoms with Gasteiger partial charge < -0.3 is 0 Å². The highest BCUT2D eigenvalue weighted by atomic mass is 16.1. The Hall–Kier alpha value is -1.89. The summed E-state index contributed by atoms with van der Waals surface area (Å²) in [6.07, 6.45) is -5.71. The van der Waals surface area contributed by atoms with E-state index in [1.54, 1.807) is 0 Å². The SMILES string of the molecule is [2H]C([2H])([2H])c1cccc2c1-c1c(C([2H])([2H])[2H])cccc1C([2H])([2H])C(=O)C2([2H])[2H]. The molecule has 0 heterocycles. The molecule has 0 aliphatic heterocycles. The lowest BCUT2D eigenvalue weighted by atomic mass is 9.90. The molecule has 0 fully saturated rings. The van der Waals surface area contributed by atoms with Crippen LogP contribution in [0.25, 0.3) is 11.1 Å². The van der Waals surface area contributed by atoms with E-state index < -0.39 is 32.2 Å². The first-order valence-corrected chi connectivity index (χ1v) is 5.44. The molecule has 0 unspecified atom stereocenters. The molecule has 0 saturated heterocycles. The molecule has 1 nitrogen and oxygen atoms in total. The standard InChI is InChI=1S/C17H16O/c1-11-5-3-7-13-9-15(18)10-14-8-4-6-12(2)17(14)16(11)13/h3-8H,9-10H2,1-2H3/i1D3,2D3,9D2,10D2. The summed E-state index contributed by atoms with van der Waals surface area (Å²) in [5, 5.41) is 0. The first kappa shape index (κ1) is 4.65. The number of hydrogen-bond donors (Lipinski definition) is 0. The normalized spacial score (nSPS) is 29.0. The van der Waals surface area contributed by atoms with Gasteiger partial charge in [0.15, 0.2) is 0 Å². The lowest BCUT2D eigenvalue weighted by Gasteiger charge is -2.14. The minimum Gasteiger partial charge on any atom is -0.299 e. The molecule has 1 aliphatic rings. The number of carbonyl (C=O) groups excluding carboxylic acids is 1. The maximum absolute atomic E-state index is 12.8. The maximum Gasteiger partial charge on any atom is 0.141 e. The molecule has 3 rings (SSSR count). The van der Waals surface area contributed by atoms with Crippen molar-refractivity contribution in [1.82, 2.24) is 0 Å². The van der Waals surface area contributed by atoms with Crippen molar-refractivity contribution in [1.29, 1.82) is 0 Å². The quantitative estimate of drug-likeness (QED) is 0.693. The molecule has 0 spiro atoms. The third-order valence-electron chi connectivity index (χ3n) is 2.88. The largest absolute Gasteiger partial charge is 0.299 e. The van der Waals surface area contributed by atoms with Gasteiger partial charge in [-0.1, -0.05) is 36.4 Å². The van der Waals surface area contributed by atoms with Crippen LogP contribution < -0.4 is 0 Å². The zero-order chi connectivity index (χ0) is 21.3. The number of carbonyl (C=O) groups is 1. The van der Waals surface area contributed by atoms with Crippen molar-refractivity contribution < 1.29 is 18.5 Å². The van der Waals surface area contributed by atoms with Crippen LogP contribution in [0.3, 0.4) is 0 Å². The van der Waals surface area contributed by atoms with Crippen LogP contribution in [-0.2, 0) is 17.5 Å². The van der Waals surface area contributed by atoms with E-state index in [0.717, 1.165) is 0 Å². The number of hydrogen-bond acceptors (Lipinski definition) is 1. The summed E-state index contributed by atoms with van der Waals surface area (Å²) in [6, 6.07) is 7.36. The Morgan fingerprint density at radius 3 is 1.89 bits per heavy atom. The Kier molecular flexibility index (Phi) is 1.06. The Balaban J connectivity index is 2.64. The summed E-state index contributed by atoms with van der Waals surface area (Å²) in [5.74, 6) is -1.41. The summed E-state index contributed by atoms with van der Waals surface area (Å²) < 4.78 is 80.0. The fourth-order valence-electron chi connectivity index (χ4n) is 2.13. The minimum atomic E-state index is -2.86. The van der Waals surface area contributed by atoms with Crippen LogP contribution in [0.5, 0.6) is 0 Å². The van der Waals surface area contributed by atoms with Gasteiger partial charge in [0.25, 0.3) is 0 Å². The molecule has 1 heteroatoms. The van der Waals surface area contributed by atoms with Gasteiger partial charge >= 0.3 is 0 Å². The van der Waals surface area contributed by atoms with Crippen molar-refractivity contribution in [3.63, 3.8) is 0 Å². The fraction of sp³-hybridized carbons (Fsp3) is 0.235. The highest BCUT2D eigenvalue weighted by Gasteiger charge is 2.21. The number of fused-ring (bicyclic) bond motifs is 3. The number of Topliss-reactive ketones (excluding diaryl/α,β-unsaturated/α-hetero) is 1. The molecule has 2 aromatic carbocycles. The highest BCUT2D eigenvalue weighted by molar-refractivity contribution is 5.92. The van der Waals surface area contributed by atoms with E-state index in [4.69, 9.17) is 13.7 Å². The zero-order valence-corrected chi connectivity index (χ0v) is 9.37. The zero-order valence-electron chi connectivity index (χ0n) is 19.4. The first-order valence-electron chi connectivity index (χ1n) is 10.4. The van der Waals surface area contributed by atoms with E-state index in [2.05, 4.69) is 0 Å². The lowest BCUT2D eigenvalue weighted by Crippen LogP contribution is -2.04. The van der Waals surface area contributed by atoms with Crippen LogP contribution in [0.2, 0.25) is 0 Å². The molecule has 0 amide bonds. The number of ketones is 1. The molecule has 2 aromatic rings. The number of aryl methyl sites for hydroxylation is 2. The van der Waals surface area contributed by atoms with Gasteiger partial charge in [0.05, 0.1) is 0 Å². The first-order chi connectivity index (χ1) is 12.6. The Labute approximate surface area is 122 Å². The van der Waals surface area contributed by atoms with Crippen LogP contribution >= 0.6 is 0 Å². The molecular formula is C17H16O. The van der Waals surface area contributed by atoms with Gasteiger partial charge in [-0.2, -0.15) is 0 Å². The van der Waals surface area contributed by atoms with Crippen molar-refractivity contribution in [3.05, 3.63) is 58.7 Å². The topological polar surface area (TPSA) is 17.1 Å². The molecule has 0 atom stereocenters. The van der Waals surface area contributed by atoms with E-state index in [0.29, 0.717) is 0 Å². The van der Waals surface area contributed by atoms with Gasteiger partial charge in [-0.3, -0.25) is 4.79 Å². The molecular weight excluding hydrogens is 220 g/mol. The van der Waals surface area contributed by atoms with E-state index in [1.807, 2.05) is 0 Å². The van der Waals surface area contributed by atoms with Crippen LogP contribution in [0.4, 0.5) is 0 Å². The summed E-state index contributed by atoms with van der Waals surface area (Å²) in [6.45, 7) is -5.47. The molecule has 18 heavy (non-hydrogen) atoms.